The maximum atomic E-state index is 12.1. The van der Waals surface area contributed by atoms with Crippen molar-refractivity contribution in [2.45, 2.75) is 33.1 Å². The molecular weight excluding hydrogens is 413 g/mol. The van der Waals surface area contributed by atoms with E-state index in [4.69, 9.17) is 34.8 Å². The smallest absolute Gasteiger partial charge is 0.269 e. The van der Waals surface area contributed by atoms with E-state index in [-0.39, 0.29) is 20.7 Å². The van der Waals surface area contributed by atoms with Crippen molar-refractivity contribution in [1.82, 2.24) is 0 Å². The number of thiophene rings is 1. The Hall–Kier alpha value is -1.33. The number of anilines is 1. The fraction of sp³-hybridized carbons (Fsp3) is 0.263. The van der Waals surface area contributed by atoms with Gasteiger partial charge in [-0.05, 0) is 22.6 Å². The van der Waals surface area contributed by atoms with Crippen molar-refractivity contribution in [2.24, 2.45) is 0 Å². The minimum Gasteiger partial charge on any atom is -0.320 e. The molecule has 2 rings (SSSR count). The van der Waals surface area contributed by atoms with Crippen molar-refractivity contribution in [3.05, 3.63) is 50.3 Å². The van der Waals surface area contributed by atoms with Gasteiger partial charge < -0.3 is 5.32 Å². The molecule has 0 saturated carbocycles. The third kappa shape index (κ3) is 4.89. The molecule has 1 aromatic carbocycles. The molecule has 2 aromatic rings. The molecule has 0 spiro atoms. The summed E-state index contributed by atoms with van der Waals surface area (Å²) in [4.78, 5) is 25.3. The monoisotopic (exact) mass is 429 g/mol. The van der Waals surface area contributed by atoms with Crippen LogP contribution >= 0.6 is 46.1 Å². The van der Waals surface area contributed by atoms with E-state index in [0.29, 0.717) is 10.6 Å². The second-order valence-electron chi connectivity index (χ2n) is 6.77. The summed E-state index contributed by atoms with van der Waals surface area (Å²) in [7, 11) is 0. The normalized spacial score (nSPS) is 11.2. The lowest BCUT2D eigenvalue weighted by atomic mass is 9.86. The molecular formula is C19H18Cl3NO2S. The minimum atomic E-state index is -0.665. The Morgan fingerprint density at radius 1 is 1.04 bits per heavy atom. The van der Waals surface area contributed by atoms with Gasteiger partial charge in [0.25, 0.3) is 5.91 Å². The molecule has 1 aromatic heterocycles. The number of nitrogens with one attached hydrogen (secondary N) is 1. The minimum absolute atomic E-state index is 0.0571. The second-order valence-corrected chi connectivity index (χ2v) is 9.15. The van der Waals surface area contributed by atoms with E-state index in [1.54, 1.807) is 6.07 Å². The molecule has 3 nitrogen and oxygen atoms in total. The first kappa shape index (κ1) is 21.0. The highest BCUT2D eigenvalue weighted by molar-refractivity contribution is 7.18. The Labute approximate surface area is 172 Å². The third-order valence-corrected chi connectivity index (χ3v) is 5.92. The molecule has 0 aliphatic carbocycles. The maximum absolute atomic E-state index is 12.1. The van der Waals surface area contributed by atoms with Gasteiger partial charge in [0, 0.05) is 11.8 Å². The molecule has 26 heavy (non-hydrogen) atoms. The summed E-state index contributed by atoms with van der Waals surface area (Å²) >= 11 is 18.1. The van der Waals surface area contributed by atoms with Crippen LogP contribution < -0.4 is 5.32 Å². The van der Waals surface area contributed by atoms with Crippen LogP contribution in [0.2, 0.25) is 0 Å². The van der Waals surface area contributed by atoms with Crippen LogP contribution in [0.4, 0.5) is 5.69 Å². The molecule has 0 radical (unpaired) electrons. The number of ketones is 1. The quantitative estimate of drug-likeness (QED) is 0.431. The van der Waals surface area contributed by atoms with Crippen LogP contribution in [0.25, 0.3) is 10.4 Å². The lowest BCUT2D eigenvalue weighted by Crippen LogP contribution is -2.13. The molecule has 0 saturated heterocycles. The third-order valence-electron chi connectivity index (χ3n) is 3.70. The van der Waals surface area contributed by atoms with Crippen LogP contribution in [0.1, 0.15) is 42.9 Å². The van der Waals surface area contributed by atoms with Gasteiger partial charge in [-0.1, -0.05) is 79.8 Å². The number of benzene rings is 1. The number of rotatable bonds is 4. The Balaban J connectivity index is 2.39. The zero-order valence-electron chi connectivity index (χ0n) is 14.7. The van der Waals surface area contributed by atoms with E-state index in [1.165, 1.54) is 23.8 Å². The molecule has 0 aliphatic rings. The lowest BCUT2D eigenvalue weighted by Gasteiger charge is -2.18. The number of halogens is 3. The molecule has 0 unspecified atom stereocenters. The van der Waals surface area contributed by atoms with E-state index in [2.05, 4.69) is 38.2 Å². The molecule has 138 valence electrons. The van der Waals surface area contributed by atoms with E-state index < -0.39 is 5.91 Å². The highest BCUT2D eigenvalue weighted by Crippen LogP contribution is 2.36. The summed E-state index contributed by atoms with van der Waals surface area (Å²) in [6, 6.07) is 9.88. The highest BCUT2D eigenvalue weighted by atomic mass is 35.5. The summed E-state index contributed by atoms with van der Waals surface area (Å²) < 4.78 is -0.332. The molecule has 1 amide bonds. The average Bonchev–Trinajstić information content (AvgIpc) is 2.97. The first-order valence-electron chi connectivity index (χ1n) is 7.78. The fourth-order valence-corrected chi connectivity index (χ4v) is 3.52. The topological polar surface area (TPSA) is 46.2 Å². The number of Topliss-reactive ketones (excluding diaryl/α,β-unsaturated/α-hetero) is 1. The summed E-state index contributed by atoms with van der Waals surface area (Å²) in [5.41, 5.74) is 2.62. The van der Waals surface area contributed by atoms with Crippen LogP contribution in [0.3, 0.4) is 0 Å². The van der Waals surface area contributed by atoms with Gasteiger partial charge in [-0.25, -0.2) is 0 Å². The summed E-state index contributed by atoms with van der Waals surface area (Å²) in [6.45, 7) is 7.88. The van der Waals surface area contributed by atoms with Crippen LogP contribution in [0.5, 0.6) is 0 Å². The van der Waals surface area contributed by atoms with Crippen LogP contribution in [-0.2, 0) is 10.2 Å². The molecule has 0 bridgehead atoms. The molecule has 1 heterocycles. The largest absolute Gasteiger partial charge is 0.320 e. The van der Waals surface area contributed by atoms with Crippen molar-refractivity contribution >= 4 is 63.5 Å². The summed E-state index contributed by atoms with van der Waals surface area (Å²) in [6.07, 6.45) is 0. The first-order chi connectivity index (χ1) is 12.0. The number of carbonyl (C=O) groups is 2. The van der Waals surface area contributed by atoms with Gasteiger partial charge in [0.1, 0.15) is 9.52 Å². The van der Waals surface area contributed by atoms with E-state index >= 15 is 0 Å². The second kappa shape index (κ2) is 8.13. The highest BCUT2D eigenvalue weighted by Gasteiger charge is 2.19. The molecule has 1 N–H and O–H groups in total. The SMILES string of the molecule is CC(=O)c1sc(-c2ccc(C(C)(C)C)cc2)cc1NC(=O)C(Cl)=C(Cl)Cl. The molecule has 7 heteroatoms. The molecule has 0 fully saturated rings. The number of carbonyl (C=O) groups excluding carboxylic acids is 2. The van der Waals surface area contributed by atoms with Gasteiger partial charge >= 0.3 is 0 Å². The molecule has 0 atom stereocenters. The van der Waals surface area contributed by atoms with Crippen molar-refractivity contribution in [3.8, 4) is 10.4 Å². The predicted octanol–water partition coefficient (Wildman–Crippen LogP) is 6.74. The standard InChI is InChI=1S/C19H18Cl3NO2S/c1-10(24)16-13(23-18(25)15(20)17(21)22)9-14(26-16)11-5-7-12(8-6-11)19(2,3)4/h5-9H,1-4H3,(H,23,25). The number of hydrogen-bond acceptors (Lipinski definition) is 3. The Morgan fingerprint density at radius 2 is 1.62 bits per heavy atom. The number of hydrogen-bond donors (Lipinski definition) is 1. The zero-order valence-corrected chi connectivity index (χ0v) is 17.8. The van der Waals surface area contributed by atoms with Crippen molar-refractivity contribution < 1.29 is 9.59 Å². The molecule has 0 aliphatic heterocycles. The van der Waals surface area contributed by atoms with Crippen LogP contribution in [-0.4, -0.2) is 11.7 Å². The lowest BCUT2D eigenvalue weighted by molar-refractivity contribution is -0.112. The maximum Gasteiger partial charge on any atom is 0.269 e. The summed E-state index contributed by atoms with van der Waals surface area (Å²) in [5.74, 6) is -0.818. The number of amides is 1. The van der Waals surface area contributed by atoms with Crippen LogP contribution in [0.15, 0.2) is 39.9 Å². The van der Waals surface area contributed by atoms with Gasteiger partial charge in [-0.3, -0.25) is 9.59 Å². The van der Waals surface area contributed by atoms with Gasteiger partial charge in [0.15, 0.2) is 5.78 Å². The van der Waals surface area contributed by atoms with E-state index in [1.807, 2.05) is 12.1 Å². The van der Waals surface area contributed by atoms with Gasteiger partial charge in [0.2, 0.25) is 0 Å². The zero-order chi connectivity index (χ0) is 19.6. The Bertz CT molecular complexity index is 873. The van der Waals surface area contributed by atoms with Crippen molar-refractivity contribution in [3.63, 3.8) is 0 Å². The summed E-state index contributed by atoms with van der Waals surface area (Å²) in [5, 5.41) is 2.26. The van der Waals surface area contributed by atoms with Gasteiger partial charge in [-0.2, -0.15) is 0 Å². The Kier molecular flexibility index (Phi) is 6.56. The van der Waals surface area contributed by atoms with Gasteiger partial charge in [0.05, 0.1) is 10.6 Å². The van der Waals surface area contributed by atoms with E-state index in [0.717, 1.165) is 10.4 Å². The van der Waals surface area contributed by atoms with Crippen molar-refractivity contribution in [2.75, 3.05) is 5.32 Å². The van der Waals surface area contributed by atoms with Gasteiger partial charge in [-0.15, -0.1) is 11.3 Å². The van der Waals surface area contributed by atoms with E-state index in [9.17, 15) is 9.59 Å². The average molecular weight is 431 g/mol. The van der Waals surface area contributed by atoms with Crippen LogP contribution in [0, 0.1) is 0 Å². The fourth-order valence-electron chi connectivity index (χ4n) is 2.29. The predicted molar refractivity (Wildman–Crippen MR) is 112 cm³/mol. The first-order valence-corrected chi connectivity index (χ1v) is 9.73. The van der Waals surface area contributed by atoms with Crippen molar-refractivity contribution in [1.29, 1.82) is 0 Å². The Morgan fingerprint density at radius 3 is 2.08 bits per heavy atom.